The number of methoxy groups -OCH3 is 3. The average molecular weight is 304 g/mol. The molecular formula is C16H20N2O4. The van der Waals surface area contributed by atoms with Gasteiger partial charge in [-0.25, -0.2) is 0 Å². The van der Waals surface area contributed by atoms with Crippen molar-refractivity contribution >= 4 is 5.91 Å². The van der Waals surface area contributed by atoms with Gasteiger partial charge in [0.25, 0.3) is 0 Å². The molecule has 22 heavy (non-hydrogen) atoms. The number of carbonyl (C=O) groups is 1. The highest BCUT2D eigenvalue weighted by atomic mass is 16.5. The minimum absolute atomic E-state index is 0.0571. The Morgan fingerprint density at radius 3 is 2.23 bits per heavy atom. The number of nitriles is 1. The zero-order chi connectivity index (χ0) is 16.1. The largest absolute Gasteiger partial charge is 0.493 e. The molecule has 6 nitrogen and oxygen atoms in total. The number of amides is 1. The first-order chi connectivity index (χ1) is 10.6. The van der Waals surface area contributed by atoms with Crippen LogP contribution in [0, 0.1) is 11.3 Å². The van der Waals surface area contributed by atoms with Crippen LogP contribution in [0.1, 0.15) is 18.4 Å². The number of benzene rings is 1. The van der Waals surface area contributed by atoms with Crippen molar-refractivity contribution in [3.63, 3.8) is 0 Å². The van der Waals surface area contributed by atoms with Crippen molar-refractivity contribution in [2.75, 3.05) is 27.9 Å². The molecule has 0 heterocycles. The molecule has 0 bridgehead atoms. The molecule has 0 N–H and O–H groups in total. The monoisotopic (exact) mass is 304 g/mol. The highest BCUT2D eigenvalue weighted by Crippen LogP contribution is 2.38. The van der Waals surface area contributed by atoms with Crippen molar-refractivity contribution < 1.29 is 19.0 Å². The Kier molecular flexibility index (Phi) is 5.10. The third-order valence-corrected chi connectivity index (χ3v) is 3.63. The molecular weight excluding hydrogens is 284 g/mol. The fourth-order valence-electron chi connectivity index (χ4n) is 2.40. The van der Waals surface area contributed by atoms with Crippen LogP contribution in [0.3, 0.4) is 0 Å². The second kappa shape index (κ2) is 7.03. The Labute approximate surface area is 130 Å². The molecule has 0 aliphatic heterocycles. The van der Waals surface area contributed by atoms with E-state index in [1.165, 1.54) is 21.3 Å². The summed E-state index contributed by atoms with van der Waals surface area (Å²) in [6, 6.07) is 5.79. The van der Waals surface area contributed by atoms with E-state index < -0.39 is 0 Å². The molecule has 0 atom stereocenters. The van der Waals surface area contributed by atoms with Crippen molar-refractivity contribution in [3.8, 4) is 23.3 Å². The van der Waals surface area contributed by atoms with E-state index in [9.17, 15) is 4.79 Å². The van der Waals surface area contributed by atoms with E-state index in [0.29, 0.717) is 17.2 Å². The zero-order valence-corrected chi connectivity index (χ0v) is 13.1. The SMILES string of the molecule is COc1cc(CC(=O)N(CC#N)C2CC2)cc(OC)c1OC. The predicted molar refractivity (Wildman–Crippen MR) is 80.2 cm³/mol. The Balaban J connectivity index is 2.21. The zero-order valence-electron chi connectivity index (χ0n) is 13.1. The number of nitrogens with zero attached hydrogens (tertiary/aromatic N) is 2. The minimum Gasteiger partial charge on any atom is -0.493 e. The lowest BCUT2D eigenvalue weighted by Gasteiger charge is -2.20. The maximum absolute atomic E-state index is 12.4. The van der Waals surface area contributed by atoms with Crippen LogP contribution in [0.4, 0.5) is 0 Å². The normalized spacial score (nSPS) is 13.2. The standard InChI is InChI=1S/C16H20N2O4/c1-20-13-8-11(9-14(21-2)16(13)22-3)10-15(19)18(7-6-17)12-4-5-12/h8-9,12H,4-5,7,10H2,1-3H3. The van der Waals surface area contributed by atoms with Crippen LogP contribution in [0.5, 0.6) is 17.2 Å². The maximum atomic E-state index is 12.4. The molecule has 0 saturated heterocycles. The van der Waals surface area contributed by atoms with Crippen molar-refractivity contribution in [1.82, 2.24) is 4.90 Å². The summed E-state index contributed by atoms with van der Waals surface area (Å²) < 4.78 is 15.8. The van der Waals surface area contributed by atoms with Crippen molar-refractivity contribution in [2.24, 2.45) is 0 Å². The van der Waals surface area contributed by atoms with Gasteiger partial charge in [-0.15, -0.1) is 0 Å². The highest BCUT2D eigenvalue weighted by Gasteiger charge is 2.32. The van der Waals surface area contributed by atoms with E-state index in [1.807, 2.05) is 0 Å². The van der Waals surface area contributed by atoms with Gasteiger partial charge in [-0.2, -0.15) is 5.26 Å². The van der Waals surface area contributed by atoms with Gasteiger partial charge < -0.3 is 19.1 Å². The molecule has 0 aromatic heterocycles. The summed E-state index contributed by atoms with van der Waals surface area (Å²) >= 11 is 0. The Bertz CT molecular complexity index is 565. The van der Waals surface area contributed by atoms with Crippen LogP contribution in [0.25, 0.3) is 0 Å². The summed E-state index contributed by atoms with van der Waals surface area (Å²) in [6.45, 7) is 0.133. The van der Waals surface area contributed by atoms with Gasteiger partial charge in [-0.05, 0) is 30.5 Å². The van der Waals surface area contributed by atoms with E-state index in [0.717, 1.165) is 18.4 Å². The van der Waals surface area contributed by atoms with Gasteiger partial charge in [0.2, 0.25) is 11.7 Å². The summed E-state index contributed by atoms with van der Waals surface area (Å²) in [5.41, 5.74) is 0.767. The fraction of sp³-hybridized carbons (Fsp3) is 0.500. The van der Waals surface area contributed by atoms with Gasteiger partial charge in [0.05, 0.1) is 33.8 Å². The van der Waals surface area contributed by atoms with E-state index in [2.05, 4.69) is 6.07 Å². The molecule has 1 aliphatic rings. The fourth-order valence-corrected chi connectivity index (χ4v) is 2.40. The third-order valence-electron chi connectivity index (χ3n) is 3.63. The smallest absolute Gasteiger partial charge is 0.228 e. The number of ether oxygens (including phenoxy) is 3. The number of hydrogen-bond donors (Lipinski definition) is 0. The first-order valence-electron chi connectivity index (χ1n) is 7.09. The lowest BCUT2D eigenvalue weighted by Crippen LogP contribution is -2.34. The van der Waals surface area contributed by atoms with E-state index in [4.69, 9.17) is 19.5 Å². The second-order valence-electron chi connectivity index (χ2n) is 5.12. The lowest BCUT2D eigenvalue weighted by atomic mass is 10.1. The molecule has 1 fully saturated rings. The topological polar surface area (TPSA) is 71.8 Å². The van der Waals surface area contributed by atoms with Gasteiger partial charge in [-0.1, -0.05) is 0 Å². The third kappa shape index (κ3) is 3.42. The molecule has 1 saturated carbocycles. The summed E-state index contributed by atoms with van der Waals surface area (Å²) in [4.78, 5) is 14.0. The van der Waals surface area contributed by atoms with Crippen LogP contribution in [0.15, 0.2) is 12.1 Å². The summed E-state index contributed by atoms with van der Waals surface area (Å²) in [5.74, 6) is 1.47. The molecule has 0 radical (unpaired) electrons. The molecule has 1 amide bonds. The maximum Gasteiger partial charge on any atom is 0.228 e. The number of hydrogen-bond acceptors (Lipinski definition) is 5. The van der Waals surface area contributed by atoms with Crippen LogP contribution < -0.4 is 14.2 Å². The van der Waals surface area contributed by atoms with Gasteiger partial charge in [0.15, 0.2) is 11.5 Å². The quantitative estimate of drug-likeness (QED) is 0.718. The predicted octanol–water partition coefficient (Wildman–Crippen LogP) is 1.77. The summed E-state index contributed by atoms with van der Waals surface area (Å²) in [6.07, 6.45) is 2.15. The van der Waals surface area contributed by atoms with Crippen LogP contribution >= 0.6 is 0 Å². The van der Waals surface area contributed by atoms with Crippen LogP contribution in [-0.2, 0) is 11.2 Å². The molecule has 1 aliphatic carbocycles. The Morgan fingerprint density at radius 1 is 1.23 bits per heavy atom. The molecule has 2 rings (SSSR count). The number of carbonyl (C=O) groups excluding carboxylic acids is 1. The Hall–Kier alpha value is -2.42. The number of rotatable bonds is 7. The van der Waals surface area contributed by atoms with Crippen molar-refractivity contribution in [2.45, 2.75) is 25.3 Å². The molecule has 1 aromatic carbocycles. The molecule has 1 aromatic rings. The summed E-state index contributed by atoms with van der Waals surface area (Å²) in [5, 5.41) is 8.86. The van der Waals surface area contributed by atoms with Crippen LogP contribution in [0.2, 0.25) is 0 Å². The molecule has 0 spiro atoms. The highest BCUT2D eigenvalue weighted by molar-refractivity contribution is 5.80. The molecule has 0 unspecified atom stereocenters. The molecule has 6 heteroatoms. The minimum atomic E-state index is -0.0571. The van der Waals surface area contributed by atoms with E-state index >= 15 is 0 Å². The van der Waals surface area contributed by atoms with E-state index in [-0.39, 0.29) is 24.9 Å². The van der Waals surface area contributed by atoms with Crippen LogP contribution in [-0.4, -0.2) is 44.7 Å². The Morgan fingerprint density at radius 2 is 1.82 bits per heavy atom. The first-order valence-corrected chi connectivity index (χ1v) is 7.09. The van der Waals surface area contributed by atoms with E-state index in [1.54, 1.807) is 17.0 Å². The second-order valence-corrected chi connectivity index (χ2v) is 5.12. The molecule has 118 valence electrons. The van der Waals surface area contributed by atoms with Gasteiger partial charge in [0.1, 0.15) is 6.54 Å². The lowest BCUT2D eigenvalue weighted by molar-refractivity contribution is -0.130. The van der Waals surface area contributed by atoms with Gasteiger partial charge >= 0.3 is 0 Å². The van der Waals surface area contributed by atoms with Gasteiger partial charge in [-0.3, -0.25) is 4.79 Å². The van der Waals surface area contributed by atoms with Crippen molar-refractivity contribution in [3.05, 3.63) is 17.7 Å². The first kappa shape index (κ1) is 16.0. The summed E-state index contributed by atoms with van der Waals surface area (Å²) in [7, 11) is 4.61. The van der Waals surface area contributed by atoms with Crippen molar-refractivity contribution in [1.29, 1.82) is 5.26 Å². The van der Waals surface area contributed by atoms with Gasteiger partial charge in [0, 0.05) is 6.04 Å². The average Bonchev–Trinajstić information content (AvgIpc) is 3.35.